The third kappa shape index (κ3) is 3.37. The van der Waals surface area contributed by atoms with Crippen LogP contribution in [0.15, 0.2) is 58.0 Å². The minimum Gasteiger partial charge on any atom is -0.338 e. The highest BCUT2D eigenvalue weighted by molar-refractivity contribution is 8.38. The molecule has 24 heavy (non-hydrogen) atoms. The average Bonchev–Trinajstić information content (AvgIpc) is 3.09. The average molecular weight is 357 g/mol. The van der Waals surface area contributed by atoms with Gasteiger partial charge in [-0.3, -0.25) is 0 Å². The Balaban J connectivity index is 1.44. The molecule has 1 aromatic heterocycles. The van der Waals surface area contributed by atoms with Crippen LogP contribution in [-0.2, 0) is 11.5 Å². The number of hydrogen-bond donors (Lipinski definition) is 0. The van der Waals surface area contributed by atoms with E-state index in [0.717, 1.165) is 21.4 Å². The van der Waals surface area contributed by atoms with Crippen LogP contribution < -0.4 is 0 Å². The molecule has 0 amide bonds. The number of para-hydroxylation sites is 1. The number of aromatic nitrogens is 2. The van der Waals surface area contributed by atoms with Crippen molar-refractivity contribution in [3.05, 3.63) is 65.8 Å². The van der Waals surface area contributed by atoms with E-state index in [2.05, 4.69) is 21.2 Å². The standard InChI is InChI=1S/C17H12FN3OS2/c18-13-7-5-11(6-8-13)16-20-15(22-21-16)10-24-17-19-14-4-2-1-3-12(14)9-23-17/h1-8H,9-10H2. The quantitative estimate of drug-likeness (QED) is 0.657. The number of rotatable bonds is 3. The van der Waals surface area contributed by atoms with E-state index in [4.69, 9.17) is 4.52 Å². The molecule has 1 aliphatic heterocycles. The number of aliphatic imine (C=N–C) groups is 1. The van der Waals surface area contributed by atoms with Gasteiger partial charge in [-0.25, -0.2) is 9.38 Å². The fourth-order valence-electron chi connectivity index (χ4n) is 2.24. The second-order valence-corrected chi connectivity index (χ2v) is 7.29. The summed E-state index contributed by atoms with van der Waals surface area (Å²) in [6.45, 7) is 0. The number of nitrogens with zero attached hydrogens (tertiary/aromatic N) is 3. The van der Waals surface area contributed by atoms with E-state index in [1.807, 2.05) is 18.2 Å². The van der Waals surface area contributed by atoms with Gasteiger partial charge in [0.05, 0.1) is 11.4 Å². The molecule has 0 unspecified atom stereocenters. The van der Waals surface area contributed by atoms with Gasteiger partial charge in [0.25, 0.3) is 0 Å². The Morgan fingerprint density at radius 1 is 1.12 bits per heavy atom. The molecular weight excluding hydrogens is 345 g/mol. The van der Waals surface area contributed by atoms with E-state index in [1.54, 1.807) is 35.7 Å². The molecule has 4 rings (SSSR count). The third-order valence-electron chi connectivity index (χ3n) is 3.44. The van der Waals surface area contributed by atoms with Crippen LogP contribution >= 0.6 is 23.5 Å². The Hall–Kier alpha value is -2.12. The Labute approximate surface area is 146 Å². The van der Waals surface area contributed by atoms with Gasteiger partial charge in [0.1, 0.15) is 10.2 Å². The van der Waals surface area contributed by atoms with E-state index in [1.165, 1.54) is 17.7 Å². The third-order valence-corrected chi connectivity index (χ3v) is 5.67. The minimum atomic E-state index is -0.286. The van der Waals surface area contributed by atoms with Crippen LogP contribution in [0.25, 0.3) is 11.4 Å². The lowest BCUT2D eigenvalue weighted by molar-refractivity contribution is 0.392. The molecule has 4 nitrogen and oxygen atoms in total. The summed E-state index contributed by atoms with van der Waals surface area (Å²) in [6.07, 6.45) is 0. The zero-order valence-corrected chi connectivity index (χ0v) is 14.1. The molecule has 3 aromatic rings. The predicted molar refractivity (Wildman–Crippen MR) is 95.8 cm³/mol. The number of fused-ring (bicyclic) bond motifs is 1. The van der Waals surface area contributed by atoms with Gasteiger partial charge in [-0.05, 0) is 35.9 Å². The van der Waals surface area contributed by atoms with Crippen LogP contribution in [-0.4, -0.2) is 14.5 Å². The van der Waals surface area contributed by atoms with Crippen LogP contribution in [0.5, 0.6) is 0 Å². The SMILES string of the molecule is Fc1ccc(-c2noc(CSC3=Nc4ccccc4CS3)n2)cc1. The summed E-state index contributed by atoms with van der Waals surface area (Å²) >= 11 is 3.29. The van der Waals surface area contributed by atoms with Gasteiger partial charge in [-0.15, -0.1) is 0 Å². The second-order valence-electron chi connectivity index (χ2n) is 5.10. The lowest BCUT2D eigenvalue weighted by Crippen LogP contribution is -1.96. The van der Waals surface area contributed by atoms with Crippen molar-refractivity contribution >= 4 is 33.6 Å². The molecule has 0 aliphatic carbocycles. The van der Waals surface area contributed by atoms with E-state index in [-0.39, 0.29) is 5.82 Å². The molecule has 1 aliphatic rings. The van der Waals surface area contributed by atoms with Crippen LogP contribution in [0.3, 0.4) is 0 Å². The summed E-state index contributed by atoms with van der Waals surface area (Å²) in [7, 11) is 0. The van der Waals surface area contributed by atoms with Crippen LogP contribution in [0, 0.1) is 5.82 Å². The Morgan fingerprint density at radius 3 is 2.83 bits per heavy atom. The fraction of sp³-hybridized carbons (Fsp3) is 0.118. The largest absolute Gasteiger partial charge is 0.338 e. The topological polar surface area (TPSA) is 51.3 Å². The molecule has 0 fully saturated rings. The van der Waals surface area contributed by atoms with Crippen molar-refractivity contribution in [2.45, 2.75) is 11.5 Å². The molecule has 0 radical (unpaired) electrons. The highest BCUT2D eigenvalue weighted by Gasteiger charge is 2.15. The van der Waals surface area contributed by atoms with Gasteiger partial charge in [-0.1, -0.05) is 46.9 Å². The van der Waals surface area contributed by atoms with Gasteiger partial charge in [0, 0.05) is 11.3 Å². The summed E-state index contributed by atoms with van der Waals surface area (Å²) < 4.78 is 19.2. The zero-order valence-electron chi connectivity index (χ0n) is 12.5. The fourth-order valence-corrected chi connectivity index (χ4v) is 4.14. The van der Waals surface area contributed by atoms with Crippen LogP contribution in [0.2, 0.25) is 0 Å². The number of hydrogen-bond acceptors (Lipinski definition) is 6. The lowest BCUT2D eigenvalue weighted by Gasteiger charge is -2.13. The summed E-state index contributed by atoms with van der Waals surface area (Å²) in [6, 6.07) is 14.2. The molecule has 0 saturated heterocycles. The molecule has 0 saturated carbocycles. The van der Waals surface area contributed by atoms with E-state index in [0.29, 0.717) is 17.5 Å². The Kier molecular flexibility index (Phi) is 4.36. The second kappa shape index (κ2) is 6.78. The van der Waals surface area contributed by atoms with E-state index >= 15 is 0 Å². The van der Waals surface area contributed by atoms with Crippen molar-refractivity contribution in [2.24, 2.45) is 4.99 Å². The van der Waals surface area contributed by atoms with Crippen molar-refractivity contribution in [2.75, 3.05) is 0 Å². The molecule has 7 heteroatoms. The first-order valence-electron chi connectivity index (χ1n) is 7.29. The Morgan fingerprint density at radius 2 is 1.96 bits per heavy atom. The number of thioether (sulfide) groups is 2. The van der Waals surface area contributed by atoms with E-state index < -0.39 is 0 Å². The lowest BCUT2D eigenvalue weighted by atomic mass is 10.2. The van der Waals surface area contributed by atoms with E-state index in [9.17, 15) is 4.39 Å². The minimum absolute atomic E-state index is 0.286. The summed E-state index contributed by atoms with van der Waals surface area (Å²) in [5.74, 6) is 2.19. The maximum absolute atomic E-state index is 13.0. The normalized spacial score (nSPS) is 13.5. The highest BCUT2D eigenvalue weighted by Crippen LogP contribution is 2.35. The van der Waals surface area contributed by atoms with Crippen molar-refractivity contribution < 1.29 is 8.91 Å². The van der Waals surface area contributed by atoms with Gasteiger partial charge in [0.15, 0.2) is 0 Å². The van der Waals surface area contributed by atoms with Gasteiger partial charge in [-0.2, -0.15) is 4.98 Å². The van der Waals surface area contributed by atoms with Gasteiger partial charge in [0.2, 0.25) is 11.7 Å². The van der Waals surface area contributed by atoms with Crippen molar-refractivity contribution in [3.8, 4) is 11.4 Å². The molecule has 2 aromatic carbocycles. The first kappa shape index (κ1) is 15.4. The number of benzene rings is 2. The van der Waals surface area contributed by atoms with Crippen LogP contribution in [0.4, 0.5) is 10.1 Å². The summed E-state index contributed by atoms with van der Waals surface area (Å²) in [4.78, 5) is 9.00. The van der Waals surface area contributed by atoms with Crippen molar-refractivity contribution in [1.82, 2.24) is 10.1 Å². The molecule has 2 heterocycles. The van der Waals surface area contributed by atoms with Gasteiger partial charge < -0.3 is 4.52 Å². The summed E-state index contributed by atoms with van der Waals surface area (Å²) in [5.41, 5.74) is 3.01. The van der Waals surface area contributed by atoms with Gasteiger partial charge >= 0.3 is 0 Å². The molecule has 120 valence electrons. The summed E-state index contributed by atoms with van der Waals surface area (Å²) in [5, 5.41) is 3.95. The molecule has 0 N–H and O–H groups in total. The predicted octanol–water partition coefficient (Wildman–Crippen LogP) is 5.04. The molecule has 0 spiro atoms. The Bertz CT molecular complexity index is 893. The maximum Gasteiger partial charge on any atom is 0.237 e. The monoisotopic (exact) mass is 357 g/mol. The number of halogens is 1. The maximum atomic E-state index is 13.0. The first-order valence-corrected chi connectivity index (χ1v) is 9.26. The van der Waals surface area contributed by atoms with Crippen LogP contribution in [0.1, 0.15) is 11.5 Å². The molecule has 0 bridgehead atoms. The first-order chi connectivity index (χ1) is 11.8. The molecule has 0 atom stereocenters. The van der Waals surface area contributed by atoms with Crippen molar-refractivity contribution in [3.63, 3.8) is 0 Å². The smallest absolute Gasteiger partial charge is 0.237 e. The zero-order chi connectivity index (χ0) is 16.4. The highest BCUT2D eigenvalue weighted by atomic mass is 32.2. The van der Waals surface area contributed by atoms with Crippen molar-refractivity contribution in [1.29, 1.82) is 0 Å². The molecular formula is C17H12FN3OS2.